The van der Waals surface area contributed by atoms with E-state index in [9.17, 15) is 0 Å². The molecule has 1 aromatic rings. The summed E-state index contributed by atoms with van der Waals surface area (Å²) in [6, 6.07) is 3.97. The Labute approximate surface area is 89.9 Å². The van der Waals surface area contributed by atoms with E-state index in [1.807, 2.05) is 25.3 Å². The Balaban J connectivity index is 1.70. The molecule has 15 heavy (non-hydrogen) atoms. The summed E-state index contributed by atoms with van der Waals surface area (Å²) < 4.78 is 6.02. The number of hydrogen-bond donors (Lipinski definition) is 1. The molecular weight excluding hydrogens is 188 g/mol. The first-order valence-corrected chi connectivity index (χ1v) is 5.63. The van der Waals surface area contributed by atoms with Crippen molar-refractivity contribution in [2.24, 2.45) is 11.8 Å². The second kappa shape index (κ2) is 3.49. The van der Waals surface area contributed by atoms with Gasteiger partial charge < -0.3 is 10.1 Å². The SMILES string of the molecule is Cc1cc(OC2[C@@H]3CNC[C@H]2C3)ccn1. The van der Waals surface area contributed by atoms with Crippen LogP contribution in [0, 0.1) is 18.8 Å². The minimum absolute atomic E-state index is 0.438. The Hall–Kier alpha value is -1.09. The van der Waals surface area contributed by atoms with Crippen LogP contribution >= 0.6 is 0 Å². The Bertz CT molecular complexity index is 352. The largest absolute Gasteiger partial charge is 0.490 e. The molecule has 0 amide bonds. The van der Waals surface area contributed by atoms with E-state index in [2.05, 4.69) is 10.3 Å². The fraction of sp³-hybridized carbons (Fsp3) is 0.583. The van der Waals surface area contributed by atoms with Gasteiger partial charge in [0.1, 0.15) is 11.9 Å². The second-order valence-corrected chi connectivity index (χ2v) is 4.63. The fourth-order valence-corrected chi connectivity index (χ4v) is 2.64. The molecule has 3 heteroatoms. The molecule has 0 radical (unpaired) electrons. The number of piperidine rings is 2. The van der Waals surface area contributed by atoms with Gasteiger partial charge in [-0.1, -0.05) is 0 Å². The lowest BCUT2D eigenvalue weighted by molar-refractivity contribution is -0.0446. The highest BCUT2D eigenvalue weighted by atomic mass is 16.5. The number of ether oxygens (including phenoxy) is 1. The molecule has 0 spiro atoms. The van der Waals surface area contributed by atoms with Gasteiger partial charge in [-0.25, -0.2) is 0 Å². The first kappa shape index (κ1) is 9.16. The molecule has 2 aliphatic rings. The van der Waals surface area contributed by atoms with E-state index in [0.717, 1.165) is 36.4 Å². The molecule has 0 aromatic carbocycles. The normalized spacial score (nSPS) is 33.3. The number of aromatic nitrogens is 1. The molecule has 1 saturated carbocycles. The maximum atomic E-state index is 6.02. The maximum absolute atomic E-state index is 6.02. The van der Waals surface area contributed by atoms with Crippen molar-refractivity contribution in [3.63, 3.8) is 0 Å². The molecular formula is C12H16N2O. The van der Waals surface area contributed by atoms with Crippen LogP contribution in [0.3, 0.4) is 0 Å². The third kappa shape index (κ3) is 1.61. The van der Waals surface area contributed by atoms with Crippen LogP contribution in [-0.4, -0.2) is 24.2 Å². The number of pyridine rings is 1. The van der Waals surface area contributed by atoms with Gasteiger partial charge in [-0.15, -0.1) is 0 Å². The first-order chi connectivity index (χ1) is 7.33. The van der Waals surface area contributed by atoms with Crippen molar-refractivity contribution in [3.05, 3.63) is 24.0 Å². The third-order valence-electron chi connectivity index (χ3n) is 3.49. The number of fused-ring (bicyclic) bond motifs is 2. The molecule has 1 aromatic heterocycles. The van der Waals surface area contributed by atoms with Crippen molar-refractivity contribution in [2.75, 3.05) is 13.1 Å². The number of nitrogens with one attached hydrogen (secondary N) is 1. The molecule has 80 valence electrons. The summed E-state index contributed by atoms with van der Waals surface area (Å²) >= 11 is 0. The van der Waals surface area contributed by atoms with Crippen molar-refractivity contribution in [1.82, 2.24) is 10.3 Å². The topological polar surface area (TPSA) is 34.1 Å². The van der Waals surface area contributed by atoms with E-state index in [-0.39, 0.29) is 0 Å². The average Bonchev–Trinajstić information content (AvgIpc) is 2.27. The van der Waals surface area contributed by atoms with Crippen LogP contribution in [0.15, 0.2) is 18.3 Å². The van der Waals surface area contributed by atoms with Gasteiger partial charge in [0, 0.05) is 42.9 Å². The summed E-state index contributed by atoms with van der Waals surface area (Å²) in [6.45, 7) is 4.23. The molecule has 1 saturated heterocycles. The molecule has 1 aliphatic carbocycles. The zero-order valence-corrected chi connectivity index (χ0v) is 8.94. The van der Waals surface area contributed by atoms with Gasteiger partial charge in [-0.2, -0.15) is 0 Å². The standard InChI is InChI=1S/C12H16N2O/c1-8-4-11(2-3-14-8)15-12-9-5-10(12)7-13-6-9/h2-4,9-10,12-13H,5-7H2,1H3/t9-,10+,12?. The minimum atomic E-state index is 0.438. The summed E-state index contributed by atoms with van der Waals surface area (Å²) in [5, 5.41) is 3.42. The Morgan fingerprint density at radius 1 is 1.40 bits per heavy atom. The number of nitrogens with zero attached hydrogens (tertiary/aromatic N) is 1. The highest BCUT2D eigenvalue weighted by Crippen LogP contribution is 2.39. The number of hydrogen-bond acceptors (Lipinski definition) is 3. The van der Waals surface area contributed by atoms with Crippen LogP contribution in [0.4, 0.5) is 0 Å². The monoisotopic (exact) mass is 204 g/mol. The van der Waals surface area contributed by atoms with Crippen LogP contribution in [0.5, 0.6) is 5.75 Å². The van der Waals surface area contributed by atoms with E-state index < -0.39 is 0 Å². The van der Waals surface area contributed by atoms with Gasteiger partial charge in [0.25, 0.3) is 0 Å². The quantitative estimate of drug-likeness (QED) is 0.790. The predicted molar refractivity (Wildman–Crippen MR) is 57.9 cm³/mol. The number of rotatable bonds is 2. The van der Waals surface area contributed by atoms with Crippen molar-refractivity contribution in [1.29, 1.82) is 0 Å². The molecule has 2 fully saturated rings. The molecule has 2 heterocycles. The van der Waals surface area contributed by atoms with Gasteiger partial charge in [-0.3, -0.25) is 4.98 Å². The summed E-state index contributed by atoms with van der Waals surface area (Å²) in [7, 11) is 0. The van der Waals surface area contributed by atoms with Gasteiger partial charge in [0.2, 0.25) is 0 Å². The lowest BCUT2D eigenvalue weighted by Crippen LogP contribution is -2.59. The zero-order valence-electron chi connectivity index (χ0n) is 8.94. The van der Waals surface area contributed by atoms with E-state index in [0.29, 0.717) is 6.10 Å². The van der Waals surface area contributed by atoms with Crippen LogP contribution in [0.25, 0.3) is 0 Å². The van der Waals surface area contributed by atoms with Crippen molar-refractivity contribution >= 4 is 0 Å². The summed E-state index contributed by atoms with van der Waals surface area (Å²) in [5.41, 5.74) is 1.02. The molecule has 1 aliphatic heterocycles. The lowest BCUT2D eigenvalue weighted by atomic mass is 9.69. The van der Waals surface area contributed by atoms with Crippen molar-refractivity contribution in [3.8, 4) is 5.75 Å². The van der Waals surface area contributed by atoms with E-state index >= 15 is 0 Å². The average molecular weight is 204 g/mol. The Kier molecular flexibility index (Phi) is 2.13. The second-order valence-electron chi connectivity index (χ2n) is 4.63. The number of aryl methyl sites for hydroxylation is 1. The van der Waals surface area contributed by atoms with Crippen molar-refractivity contribution in [2.45, 2.75) is 19.4 Å². The Morgan fingerprint density at radius 2 is 2.20 bits per heavy atom. The van der Waals surface area contributed by atoms with E-state index in [4.69, 9.17) is 4.74 Å². The molecule has 1 unspecified atom stereocenters. The van der Waals surface area contributed by atoms with Crippen LogP contribution in [-0.2, 0) is 0 Å². The molecule has 3 rings (SSSR count). The maximum Gasteiger partial charge on any atom is 0.123 e. The van der Waals surface area contributed by atoms with Crippen LogP contribution < -0.4 is 10.1 Å². The van der Waals surface area contributed by atoms with Gasteiger partial charge >= 0.3 is 0 Å². The summed E-state index contributed by atoms with van der Waals surface area (Å²) in [5.74, 6) is 2.42. The Morgan fingerprint density at radius 3 is 2.87 bits per heavy atom. The van der Waals surface area contributed by atoms with Gasteiger partial charge in [-0.05, 0) is 19.4 Å². The van der Waals surface area contributed by atoms with Crippen LogP contribution in [0.2, 0.25) is 0 Å². The first-order valence-electron chi connectivity index (χ1n) is 5.63. The van der Waals surface area contributed by atoms with Gasteiger partial charge in [0.15, 0.2) is 0 Å². The molecule has 3 atom stereocenters. The van der Waals surface area contributed by atoms with Crippen LogP contribution in [0.1, 0.15) is 12.1 Å². The molecule has 2 bridgehead atoms. The zero-order chi connectivity index (χ0) is 10.3. The summed E-state index contributed by atoms with van der Waals surface area (Å²) in [6.07, 6.45) is 3.59. The summed E-state index contributed by atoms with van der Waals surface area (Å²) in [4.78, 5) is 4.17. The highest BCUT2D eigenvalue weighted by molar-refractivity contribution is 5.23. The van der Waals surface area contributed by atoms with Gasteiger partial charge in [0.05, 0.1) is 0 Å². The predicted octanol–water partition coefficient (Wildman–Crippen LogP) is 1.38. The van der Waals surface area contributed by atoms with E-state index in [1.165, 1.54) is 6.42 Å². The van der Waals surface area contributed by atoms with Crippen molar-refractivity contribution < 1.29 is 4.74 Å². The minimum Gasteiger partial charge on any atom is -0.490 e. The third-order valence-corrected chi connectivity index (χ3v) is 3.49. The van der Waals surface area contributed by atoms with E-state index in [1.54, 1.807) is 0 Å². The molecule has 3 nitrogen and oxygen atoms in total. The highest BCUT2D eigenvalue weighted by Gasteiger charge is 2.45. The fourth-order valence-electron chi connectivity index (χ4n) is 2.64. The smallest absolute Gasteiger partial charge is 0.123 e. The lowest BCUT2D eigenvalue weighted by Gasteiger charge is -2.49. The molecule has 1 N–H and O–H groups in total.